The Hall–Kier alpha value is -2.37. The zero-order valence-corrected chi connectivity index (χ0v) is 13.0. The molecule has 0 saturated heterocycles. The average molecular weight is 351 g/mol. The van der Waals surface area contributed by atoms with Crippen molar-refractivity contribution in [3.05, 3.63) is 64.0 Å². The van der Waals surface area contributed by atoms with E-state index >= 15 is 0 Å². The van der Waals surface area contributed by atoms with Gasteiger partial charge >= 0.3 is 0 Å². The molecule has 2 N–H and O–H groups in total. The second kappa shape index (κ2) is 6.02. The van der Waals surface area contributed by atoms with Crippen molar-refractivity contribution in [2.24, 2.45) is 0 Å². The number of rotatable bonds is 3. The van der Waals surface area contributed by atoms with Crippen LogP contribution >= 0.6 is 23.2 Å². The zero-order valence-electron chi connectivity index (χ0n) is 11.5. The van der Waals surface area contributed by atoms with E-state index in [0.29, 0.717) is 10.9 Å². The standard InChI is InChI=1S/C16H9Cl2FN2O2/c17-11-2-1-3-12(18)14(11)21-16(23)15(22)10-7-20-13-6-8(19)4-5-9(10)13/h1-7,20H,(H,21,23). The summed E-state index contributed by atoms with van der Waals surface area (Å²) in [4.78, 5) is 27.2. The van der Waals surface area contributed by atoms with Gasteiger partial charge in [-0.05, 0) is 30.3 Å². The quantitative estimate of drug-likeness (QED) is 0.542. The van der Waals surface area contributed by atoms with Crippen molar-refractivity contribution < 1.29 is 14.0 Å². The molecule has 116 valence electrons. The molecule has 0 fully saturated rings. The highest BCUT2D eigenvalue weighted by Gasteiger charge is 2.21. The molecule has 0 unspecified atom stereocenters. The van der Waals surface area contributed by atoms with Crippen LogP contribution in [0, 0.1) is 5.82 Å². The monoisotopic (exact) mass is 350 g/mol. The Labute approximate surface area is 140 Å². The van der Waals surface area contributed by atoms with Crippen molar-refractivity contribution in [1.82, 2.24) is 4.98 Å². The number of para-hydroxylation sites is 1. The number of amides is 1. The number of carbonyl (C=O) groups excluding carboxylic acids is 2. The second-order valence-electron chi connectivity index (χ2n) is 4.77. The van der Waals surface area contributed by atoms with Gasteiger partial charge < -0.3 is 10.3 Å². The van der Waals surface area contributed by atoms with E-state index in [0.717, 1.165) is 0 Å². The summed E-state index contributed by atoms with van der Waals surface area (Å²) in [5, 5.41) is 3.30. The number of aromatic amines is 1. The maximum atomic E-state index is 13.2. The number of benzene rings is 2. The largest absolute Gasteiger partial charge is 0.360 e. The lowest BCUT2D eigenvalue weighted by molar-refractivity contribution is -0.112. The summed E-state index contributed by atoms with van der Waals surface area (Å²) in [6.07, 6.45) is 1.36. The van der Waals surface area contributed by atoms with Crippen LogP contribution in [-0.4, -0.2) is 16.7 Å². The first-order valence-electron chi connectivity index (χ1n) is 6.53. The van der Waals surface area contributed by atoms with Crippen LogP contribution in [0.4, 0.5) is 10.1 Å². The molecule has 3 aromatic rings. The lowest BCUT2D eigenvalue weighted by Gasteiger charge is -2.08. The third-order valence-corrected chi connectivity index (χ3v) is 3.93. The number of fused-ring (bicyclic) bond motifs is 1. The molecule has 7 heteroatoms. The Morgan fingerprint density at radius 1 is 1.09 bits per heavy atom. The number of nitrogens with one attached hydrogen (secondary N) is 2. The summed E-state index contributed by atoms with van der Waals surface area (Å²) in [7, 11) is 0. The fraction of sp³-hybridized carbons (Fsp3) is 0. The summed E-state index contributed by atoms with van der Waals surface area (Å²) in [5.74, 6) is -2.10. The van der Waals surface area contributed by atoms with Crippen LogP contribution in [0.5, 0.6) is 0 Å². The fourth-order valence-electron chi connectivity index (χ4n) is 2.20. The van der Waals surface area contributed by atoms with Gasteiger partial charge in [0.15, 0.2) is 0 Å². The fourth-order valence-corrected chi connectivity index (χ4v) is 2.69. The first-order valence-corrected chi connectivity index (χ1v) is 7.29. The van der Waals surface area contributed by atoms with Crippen LogP contribution < -0.4 is 5.32 Å². The number of anilines is 1. The summed E-state index contributed by atoms with van der Waals surface area (Å²) in [5.41, 5.74) is 0.734. The molecule has 0 aliphatic rings. The van der Waals surface area contributed by atoms with Gasteiger partial charge in [0, 0.05) is 17.1 Å². The third kappa shape index (κ3) is 2.93. The van der Waals surface area contributed by atoms with Crippen LogP contribution in [0.15, 0.2) is 42.6 Å². The molecule has 0 spiro atoms. The molecule has 1 aromatic heterocycles. The minimum atomic E-state index is -0.884. The lowest BCUT2D eigenvalue weighted by atomic mass is 10.1. The molecule has 0 aliphatic carbocycles. The van der Waals surface area contributed by atoms with Crippen LogP contribution in [-0.2, 0) is 4.79 Å². The number of ketones is 1. The Morgan fingerprint density at radius 3 is 2.48 bits per heavy atom. The Morgan fingerprint density at radius 2 is 1.78 bits per heavy atom. The Kier molecular flexibility index (Phi) is 4.07. The first kappa shape index (κ1) is 15.5. The van der Waals surface area contributed by atoms with Crippen molar-refractivity contribution in [2.75, 3.05) is 5.32 Å². The van der Waals surface area contributed by atoms with E-state index in [1.54, 1.807) is 18.2 Å². The lowest BCUT2D eigenvalue weighted by Crippen LogP contribution is -2.23. The first-order chi connectivity index (χ1) is 11.0. The van der Waals surface area contributed by atoms with Crippen LogP contribution in [0.3, 0.4) is 0 Å². The maximum Gasteiger partial charge on any atom is 0.296 e. The summed E-state index contributed by atoms with van der Waals surface area (Å²) in [6.45, 7) is 0. The molecule has 23 heavy (non-hydrogen) atoms. The highest BCUT2D eigenvalue weighted by Crippen LogP contribution is 2.30. The molecule has 1 heterocycles. The van der Waals surface area contributed by atoms with Crippen LogP contribution in [0.2, 0.25) is 10.0 Å². The minimum absolute atomic E-state index is 0.140. The van der Waals surface area contributed by atoms with Gasteiger partial charge in [0.2, 0.25) is 0 Å². The van der Waals surface area contributed by atoms with Gasteiger partial charge in [0.25, 0.3) is 11.7 Å². The maximum absolute atomic E-state index is 13.2. The number of aromatic nitrogens is 1. The van der Waals surface area contributed by atoms with E-state index in [1.807, 2.05) is 0 Å². The van der Waals surface area contributed by atoms with Gasteiger partial charge in [-0.25, -0.2) is 4.39 Å². The van der Waals surface area contributed by atoms with Crippen LogP contribution in [0.1, 0.15) is 10.4 Å². The van der Waals surface area contributed by atoms with Gasteiger partial charge in [0.1, 0.15) is 5.82 Å². The number of halogens is 3. The predicted octanol–water partition coefficient (Wildman–Crippen LogP) is 4.44. The van der Waals surface area contributed by atoms with Crippen molar-refractivity contribution in [3.63, 3.8) is 0 Å². The molecule has 2 aromatic carbocycles. The number of Topliss-reactive ketones (excluding diaryl/α,β-unsaturated/α-hetero) is 1. The van der Waals surface area contributed by atoms with Gasteiger partial charge in [-0.2, -0.15) is 0 Å². The van der Waals surface area contributed by atoms with E-state index in [1.165, 1.54) is 24.4 Å². The third-order valence-electron chi connectivity index (χ3n) is 3.30. The second-order valence-corrected chi connectivity index (χ2v) is 5.59. The van der Waals surface area contributed by atoms with E-state index in [4.69, 9.17) is 23.2 Å². The minimum Gasteiger partial charge on any atom is -0.360 e. The number of carbonyl (C=O) groups is 2. The van der Waals surface area contributed by atoms with E-state index in [9.17, 15) is 14.0 Å². The Bertz CT molecular complexity index is 917. The summed E-state index contributed by atoms with van der Waals surface area (Å²) >= 11 is 11.9. The molecule has 3 rings (SSSR count). The van der Waals surface area contributed by atoms with E-state index in [-0.39, 0.29) is 21.3 Å². The summed E-state index contributed by atoms with van der Waals surface area (Å²) in [6, 6.07) is 8.61. The number of hydrogen-bond acceptors (Lipinski definition) is 2. The Balaban J connectivity index is 1.91. The molecule has 1 amide bonds. The van der Waals surface area contributed by atoms with Gasteiger partial charge in [-0.1, -0.05) is 29.3 Å². The van der Waals surface area contributed by atoms with Crippen molar-refractivity contribution in [1.29, 1.82) is 0 Å². The van der Waals surface area contributed by atoms with Crippen molar-refractivity contribution >= 4 is 51.5 Å². The molecule has 0 radical (unpaired) electrons. The molecule has 0 aliphatic heterocycles. The van der Waals surface area contributed by atoms with E-state index < -0.39 is 17.5 Å². The SMILES string of the molecule is O=C(Nc1c(Cl)cccc1Cl)C(=O)c1c[nH]c2cc(F)ccc12. The van der Waals surface area contributed by atoms with Crippen molar-refractivity contribution in [2.45, 2.75) is 0 Å². The molecule has 4 nitrogen and oxygen atoms in total. The van der Waals surface area contributed by atoms with Gasteiger partial charge in [-0.3, -0.25) is 9.59 Å². The predicted molar refractivity (Wildman–Crippen MR) is 87.7 cm³/mol. The van der Waals surface area contributed by atoms with Crippen molar-refractivity contribution in [3.8, 4) is 0 Å². The zero-order chi connectivity index (χ0) is 16.6. The number of H-pyrrole nitrogens is 1. The highest BCUT2D eigenvalue weighted by molar-refractivity contribution is 6.50. The molecular formula is C16H9Cl2FN2O2. The molecule has 0 bridgehead atoms. The van der Waals surface area contributed by atoms with E-state index in [2.05, 4.69) is 10.3 Å². The molecule has 0 saturated carbocycles. The topological polar surface area (TPSA) is 62.0 Å². The molecule has 0 atom stereocenters. The average Bonchev–Trinajstić information content (AvgIpc) is 2.93. The molecular weight excluding hydrogens is 342 g/mol. The highest BCUT2D eigenvalue weighted by atomic mass is 35.5. The summed E-state index contributed by atoms with van der Waals surface area (Å²) < 4.78 is 13.2. The van der Waals surface area contributed by atoms with Gasteiger partial charge in [0.05, 0.1) is 21.3 Å². The number of hydrogen-bond donors (Lipinski definition) is 2. The van der Waals surface area contributed by atoms with Crippen LogP contribution in [0.25, 0.3) is 10.9 Å². The van der Waals surface area contributed by atoms with Gasteiger partial charge in [-0.15, -0.1) is 0 Å². The smallest absolute Gasteiger partial charge is 0.296 e. The normalized spacial score (nSPS) is 10.7.